The number of pyridine rings is 1. The van der Waals surface area contributed by atoms with Gasteiger partial charge >= 0.3 is 0 Å². The van der Waals surface area contributed by atoms with Crippen molar-refractivity contribution in [2.75, 3.05) is 26.2 Å². The predicted molar refractivity (Wildman–Crippen MR) is 96.1 cm³/mol. The summed E-state index contributed by atoms with van der Waals surface area (Å²) in [4.78, 5) is 18.6. The molecule has 0 spiro atoms. The average Bonchev–Trinajstić information content (AvgIpc) is 2.61. The molecular formula is C17H19Cl2N3O2. The minimum absolute atomic E-state index is 0. The monoisotopic (exact) mass is 367 g/mol. The van der Waals surface area contributed by atoms with Crippen LogP contribution in [-0.2, 0) is 0 Å². The van der Waals surface area contributed by atoms with Gasteiger partial charge in [0.25, 0.3) is 5.91 Å². The Kier molecular flexibility index (Phi) is 6.85. The molecule has 1 fully saturated rings. The van der Waals surface area contributed by atoms with Crippen LogP contribution < -0.4 is 10.1 Å². The first kappa shape index (κ1) is 18.5. The number of ether oxygens (including phenoxy) is 1. The van der Waals surface area contributed by atoms with Gasteiger partial charge in [-0.25, -0.2) is 0 Å². The summed E-state index contributed by atoms with van der Waals surface area (Å²) >= 11 is 5.89. The SMILES string of the molecule is Cl.O=C(c1ccc(Cl)cc1)N1CCNCC1COc1cccnc1. The molecule has 1 atom stereocenters. The van der Waals surface area contributed by atoms with Gasteiger partial charge in [-0.1, -0.05) is 11.6 Å². The third kappa shape index (κ3) is 4.60. The number of benzene rings is 1. The molecule has 0 aliphatic carbocycles. The number of amides is 1. The Morgan fingerprint density at radius 1 is 1.33 bits per heavy atom. The summed E-state index contributed by atoms with van der Waals surface area (Å²) < 4.78 is 5.76. The van der Waals surface area contributed by atoms with Crippen molar-refractivity contribution in [3.8, 4) is 5.75 Å². The standard InChI is InChI=1S/C17H18ClN3O2.ClH/c18-14-5-3-13(4-6-14)17(22)21-9-8-20-10-15(21)12-23-16-2-1-7-19-11-16;/h1-7,11,15,20H,8-10,12H2;1H. The lowest BCUT2D eigenvalue weighted by molar-refractivity contribution is 0.0559. The summed E-state index contributed by atoms with van der Waals surface area (Å²) in [7, 11) is 0. The van der Waals surface area contributed by atoms with Crippen molar-refractivity contribution in [1.82, 2.24) is 15.2 Å². The summed E-state index contributed by atoms with van der Waals surface area (Å²) in [5.41, 5.74) is 0.641. The van der Waals surface area contributed by atoms with Crippen LogP contribution in [0.2, 0.25) is 5.02 Å². The number of aromatic nitrogens is 1. The Morgan fingerprint density at radius 2 is 2.12 bits per heavy atom. The highest BCUT2D eigenvalue weighted by atomic mass is 35.5. The van der Waals surface area contributed by atoms with Gasteiger partial charge in [-0.2, -0.15) is 0 Å². The second-order valence-corrected chi connectivity index (χ2v) is 5.80. The highest BCUT2D eigenvalue weighted by molar-refractivity contribution is 6.30. The lowest BCUT2D eigenvalue weighted by Gasteiger charge is -2.36. The van der Waals surface area contributed by atoms with Crippen LogP contribution in [0.4, 0.5) is 0 Å². The summed E-state index contributed by atoms with van der Waals surface area (Å²) in [5.74, 6) is 0.708. The minimum atomic E-state index is -0.0212. The molecular weight excluding hydrogens is 349 g/mol. The van der Waals surface area contributed by atoms with E-state index < -0.39 is 0 Å². The number of nitrogens with zero attached hydrogens (tertiary/aromatic N) is 2. The first-order valence-corrected chi connectivity index (χ1v) is 7.92. The third-order valence-electron chi connectivity index (χ3n) is 3.78. The fraction of sp³-hybridized carbons (Fsp3) is 0.294. The number of piperazine rings is 1. The zero-order valence-electron chi connectivity index (χ0n) is 13.0. The number of rotatable bonds is 4. The van der Waals surface area contributed by atoms with Gasteiger partial charge in [0.15, 0.2) is 0 Å². The summed E-state index contributed by atoms with van der Waals surface area (Å²) in [6, 6.07) is 10.6. The van der Waals surface area contributed by atoms with Gasteiger partial charge in [0.2, 0.25) is 0 Å². The van der Waals surface area contributed by atoms with Crippen molar-refractivity contribution < 1.29 is 9.53 Å². The fourth-order valence-corrected chi connectivity index (χ4v) is 2.69. The van der Waals surface area contributed by atoms with Crippen molar-refractivity contribution in [3.05, 3.63) is 59.4 Å². The lowest BCUT2D eigenvalue weighted by atomic mass is 10.1. The molecule has 1 unspecified atom stereocenters. The Hall–Kier alpha value is -1.82. The van der Waals surface area contributed by atoms with Gasteiger partial charge in [-0.15, -0.1) is 12.4 Å². The normalized spacial score (nSPS) is 17.0. The van der Waals surface area contributed by atoms with Gasteiger partial charge in [0.05, 0.1) is 12.2 Å². The van der Waals surface area contributed by atoms with E-state index in [0.717, 1.165) is 6.54 Å². The molecule has 3 rings (SSSR count). The number of carbonyl (C=O) groups excluding carboxylic acids is 1. The van der Waals surface area contributed by atoms with Crippen LogP contribution in [0.5, 0.6) is 5.75 Å². The highest BCUT2D eigenvalue weighted by Crippen LogP contribution is 2.15. The first-order chi connectivity index (χ1) is 11.2. The Bertz CT molecular complexity index is 653. The van der Waals surface area contributed by atoms with Crippen LogP contribution in [0.25, 0.3) is 0 Å². The molecule has 1 aromatic carbocycles. The van der Waals surface area contributed by atoms with Crippen LogP contribution in [-0.4, -0.2) is 48.1 Å². The third-order valence-corrected chi connectivity index (χ3v) is 4.03. The smallest absolute Gasteiger partial charge is 0.254 e. The minimum Gasteiger partial charge on any atom is -0.490 e. The van der Waals surface area contributed by atoms with E-state index in [1.807, 2.05) is 17.0 Å². The van der Waals surface area contributed by atoms with Crippen molar-refractivity contribution in [2.24, 2.45) is 0 Å². The molecule has 128 valence electrons. The van der Waals surface area contributed by atoms with Gasteiger partial charge in [0, 0.05) is 36.4 Å². The molecule has 24 heavy (non-hydrogen) atoms. The molecule has 1 amide bonds. The molecule has 5 nitrogen and oxygen atoms in total. The van der Waals surface area contributed by atoms with E-state index in [0.29, 0.717) is 36.0 Å². The summed E-state index contributed by atoms with van der Waals surface area (Å²) in [6.07, 6.45) is 3.37. The predicted octanol–water partition coefficient (Wildman–Crippen LogP) is 2.65. The molecule has 2 aromatic rings. The van der Waals surface area contributed by atoms with E-state index in [-0.39, 0.29) is 24.4 Å². The number of carbonyl (C=O) groups is 1. The Labute approximate surface area is 152 Å². The number of nitrogens with one attached hydrogen (secondary N) is 1. The molecule has 1 N–H and O–H groups in total. The maximum atomic E-state index is 12.7. The summed E-state index contributed by atoms with van der Waals surface area (Å²) in [5, 5.41) is 3.93. The molecule has 1 aliphatic rings. The molecule has 0 saturated carbocycles. The fourth-order valence-electron chi connectivity index (χ4n) is 2.56. The van der Waals surface area contributed by atoms with E-state index in [9.17, 15) is 4.79 Å². The van der Waals surface area contributed by atoms with E-state index >= 15 is 0 Å². The van der Waals surface area contributed by atoms with E-state index in [4.69, 9.17) is 16.3 Å². The number of hydrogen-bond acceptors (Lipinski definition) is 4. The van der Waals surface area contributed by atoms with Gasteiger partial charge in [-0.3, -0.25) is 9.78 Å². The van der Waals surface area contributed by atoms with Gasteiger partial charge in [-0.05, 0) is 36.4 Å². The molecule has 2 heterocycles. The zero-order chi connectivity index (χ0) is 16.1. The van der Waals surface area contributed by atoms with Crippen molar-refractivity contribution in [2.45, 2.75) is 6.04 Å². The van der Waals surface area contributed by atoms with E-state index in [1.54, 1.807) is 36.7 Å². The van der Waals surface area contributed by atoms with E-state index in [1.165, 1.54) is 0 Å². The van der Waals surface area contributed by atoms with Gasteiger partial charge in [0.1, 0.15) is 12.4 Å². The van der Waals surface area contributed by atoms with Crippen LogP contribution in [0.1, 0.15) is 10.4 Å². The maximum absolute atomic E-state index is 12.7. The Balaban J connectivity index is 0.00000208. The van der Waals surface area contributed by atoms with Crippen molar-refractivity contribution in [3.63, 3.8) is 0 Å². The second-order valence-electron chi connectivity index (χ2n) is 5.36. The molecule has 0 bridgehead atoms. The van der Waals surface area contributed by atoms with Crippen LogP contribution in [0.15, 0.2) is 48.8 Å². The topological polar surface area (TPSA) is 54.5 Å². The quantitative estimate of drug-likeness (QED) is 0.902. The van der Waals surface area contributed by atoms with Gasteiger partial charge < -0.3 is 15.0 Å². The summed E-state index contributed by atoms with van der Waals surface area (Å²) in [6.45, 7) is 2.57. The van der Waals surface area contributed by atoms with Crippen molar-refractivity contribution >= 4 is 29.9 Å². The highest BCUT2D eigenvalue weighted by Gasteiger charge is 2.27. The maximum Gasteiger partial charge on any atom is 0.254 e. The molecule has 1 aliphatic heterocycles. The van der Waals surface area contributed by atoms with Crippen LogP contribution in [0.3, 0.4) is 0 Å². The van der Waals surface area contributed by atoms with Crippen LogP contribution >= 0.6 is 24.0 Å². The molecule has 1 saturated heterocycles. The zero-order valence-corrected chi connectivity index (χ0v) is 14.6. The molecule has 1 aromatic heterocycles. The number of halogens is 2. The number of hydrogen-bond donors (Lipinski definition) is 1. The van der Waals surface area contributed by atoms with E-state index in [2.05, 4.69) is 10.3 Å². The average molecular weight is 368 g/mol. The lowest BCUT2D eigenvalue weighted by Crippen LogP contribution is -2.55. The largest absolute Gasteiger partial charge is 0.490 e. The first-order valence-electron chi connectivity index (χ1n) is 7.54. The molecule has 7 heteroatoms. The molecule has 0 radical (unpaired) electrons. The Morgan fingerprint density at radius 3 is 2.83 bits per heavy atom. The van der Waals surface area contributed by atoms with Crippen LogP contribution in [0, 0.1) is 0 Å². The second kappa shape index (κ2) is 8.87. The van der Waals surface area contributed by atoms with Crippen molar-refractivity contribution in [1.29, 1.82) is 0 Å².